The van der Waals surface area contributed by atoms with E-state index in [9.17, 15) is 9.59 Å². The van der Waals surface area contributed by atoms with Crippen molar-refractivity contribution in [2.75, 3.05) is 49.7 Å². The van der Waals surface area contributed by atoms with Gasteiger partial charge in [-0.05, 0) is 75.6 Å². The quantitative estimate of drug-likeness (QED) is 0.395. The van der Waals surface area contributed by atoms with Crippen LogP contribution in [-0.4, -0.2) is 66.4 Å². The molecule has 39 heavy (non-hydrogen) atoms. The van der Waals surface area contributed by atoms with Gasteiger partial charge in [0.1, 0.15) is 0 Å². The van der Waals surface area contributed by atoms with Crippen LogP contribution in [-0.2, 0) is 14.3 Å². The molecule has 1 aromatic carbocycles. The monoisotopic (exact) mass is 552 g/mol. The van der Waals surface area contributed by atoms with Gasteiger partial charge < -0.3 is 19.7 Å². The lowest BCUT2D eigenvalue weighted by atomic mass is 9.80. The minimum atomic E-state index is -0.457. The number of nitrogens with zero attached hydrogens (tertiary/aromatic N) is 4. The zero-order chi connectivity index (χ0) is 27.4. The lowest BCUT2D eigenvalue weighted by molar-refractivity contribution is -0.155. The number of rotatable bonds is 7. The van der Waals surface area contributed by atoms with Crippen molar-refractivity contribution in [3.63, 3.8) is 0 Å². The fourth-order valence-electron chi connectivity index (χ4n) is 5.24. The molecule has 0 radical (unpaired) electrons. The zero-order valence-electron chi connectivity index (χ0n) is 22.8. The van der Waals surface area contributed by atoms with E-state index in [0.29, 0.717) is 56.1 Å². The number of aromatic nitrogens is 3. The smallest absolute Gasteiger partial charge is 0.321 e. The van der Waals surface area contributed by atoms with Crippen molar-refractivity contribution in [2.45, 2.75) is 52.4 Å². The summed E-state index contributed by atoms with van der Waals surface area (Å²) in [5.74, 6) is 0.904. The van der Waals surface area contributed by atoms with Gasteiger partial charge >= 0.3 is 12.0 Å². The number of nitrogens with one attached hydrogen (secondary N) is 2. The van der Waals surface area contributed by atoms with Gasteiger partial charge in [-0.1, -0.05) is 11.3 Å². The summed E-state index contributed by atoms with van der Waals surface area (Å²) < 4.78 is 12.0. The SMILES string of the molecule is CCNC(=O)Nc1nc2cc(-c3cnc(N4CCC(C)(C(=O)OCC)CC4)nc3)cc(C3CCOCC3)c2s1. The number of esters is 1. The number of urea groups is 1. The van der Waals surface area contributed by atoms with E-state index in [1.807, 2.05) is 39.2 Å². The van der Waals surface area contributed by atoms with Gasteiger partial charge in [0.25, 0.3) is 0 Å². The van der Waals surface area contributed by atoms with Crippen LogP contribution in [0.1, 0.15) is 57.9 Å². The lowest BCUT2D eigenvalue weighted by Gasteiger charge is -2.37. The van der Waals surface area contributed by atoms with E-state index in [1.54, 1.807) is 0 Å². The topological polar surface area (TPSA) is 119 Å². The molecule has 5 rings (SSSR count). The van der Waals surface area contributed by atoms with Gasteiger partial charge in [0.15, 0.2) is 5.13 Å². The molecule has 2 aliphatic heterocycles. The van der Waals surface area contributed by atoms with Gasteiger partial charge in [-0.15, -0.1) is 0 Å². The van der Waals surface area contributed by atoms with Crippen molar-refractivity contribution >= 4 is 44.6 Å². The average molecular weight is 553 g/mol. The molecular weight excluding hydrogens is 516 g/mol. The van der Waals surface area contributed by atoms with Crippen molar-refractivity contribution < 1.29 is 19.1 Å². The summed E-state index contributed by atoms with van der Waals surface area (Å²) >= 11 is 1.51. The van der Waals surface area contributed by atoms with Crippen LogP contribution in [0.3, 0.4) is 0 Å². The predicted octanol–water partition coefficient (Wildman–Crippen LogP) is 4.96. The summed E-state index contributed by atoms with van der Waals surface area (Å²) in [6.45, 7) is 9.53. The van der Waals surface area contributed by atoms with Crippen LogP contribution in [0.4, 0.5) is 15.9 Å². The second-order valence-electron chi connectivity index (χ2n) is 10.3. The molecule has 0 unspecified atom stereocenters. The molecule has 2 aromatic heterocycles. The zero-order valence-corrected chi connectivity index (χ0v) is 23.6. The number of thiazole rings is 1. The Labute approximate surface area is 232 Å². The Hall–Kier alpha value is -3.31. The number of fused-ring (bicyclic) bond motifs is 1. The third-order valence-electron chi connectivity index (χ3n) is 7.63. The van der Waals surface area contributed by atoms with Gasteiger partial charge in [0.2, 0.25) is 5.95 Å². The molecule has 0 bridgehead atoms. The maximum atomic E-state index is 12.4. The standard InChI is InChI=1S/C28H36N6O4S/c1-4-29-26(36)33-27-32-22-15-19(14-21(23(22)39-27)18-6-12-37-13-7-18)20-16-30-25(31-17-20)34-10-8-28(3,9-11-34)24(35)38-5-2/h14-18H,4-13H2,1-3H3,(H2,29,32,33,36). The molecule has 2 fully saturated rings. The lowest BCUT2D eigenvalue weighted by Crippen LogP contribution is -2.44. The maximum absolute atomic E-state index is 12.4. The first-order valence-corrected chi connectivity index (χ1v) is 14.5. The molecule has 10 nitrogen and oxygen atoms in total. The van der Waals surface area contributed by atoms with Crippen molar-refractivity contribution in [3.05, 3.63) is 30.1 Å². The second kappa shape index (κ2) is 11.8. The fourth-order valence-corrected chi connectivity index (χ4v) is 6.27. The summed E-state index contributed by atoms with van der Waals surface area (Å²) in [5, 5.41) is 6.19. The summed E-state index contributed by atoms with van der Waals surface area (Å²) in [7, 11) is 0. The van der Waals surface area contributed by atoms with E-state index in [0.717, 1.165) is 47.4 Å². The third-order valence-corrected chi connectivity index (χ3v) is 8.66. The van der Waals surface area contributed by atoms with E-state index in [1.165, 1.54) is 16.9 Å². The molecule has 2 saturated heterocycles. The molecule has 4 heterocycles. The summed E-state index contributed by atoms with van der Waals surface area (Å²) in [6, 6.07) is 4.01. The Morgan fingerprint density at radius 2 is 1.85 bits per heavy atom. The number of carbonyl (C=O) groups is 2. The number of amides is 2. The third kappa shape index (κ3) is 5.99. The first-order valence-electron chi connectivity index (χ1n) is 13.7. The molecule has 2 N–H and O–H groups in total. The van der Waals surface area contributed by atoms with Gasteiger partial charge in [-0.3, -0.25) is 10.1 Å². The Morgan fingerprint density at radius 3 is 2.51 bits per heavy atom. The second-order valence-corrected chi connectivity index (χ2v) is 11.3. The van der Waals surface area contributed by atoms with Gasteiger partial charge in [-0.2, -0.15) is 0 Å². The first kappa shape index (κ1) is 27.3. The van der Waals surface area contributed by atoms with Crippen molar-refractivity contribution in [1.29, 1.82) is 0 Å². The number of benzene rings is 1. The highest BCUT2D eigenvalue weighted by molar-refractivity contribution is 7.22. The van der Waals surface area contributed by atoms with Crippen LogP contribution >= 0.6 is 11.3 Å². The molecule has 0 saturated carbocycles. The van der Waals surface area contributed by atoms with Crippen LogP contribution in [0.2, 0.25) is 0 Å². The largest absolute Gasteiger partial charge is 0.466 e. The summed E-state index contributed by atoms with van der Waals surface area (Å²) in [5.41, 5.74) is 3.53. The van der Waals surface area contributed by atoms with Crippen molar-refractivity contribution in [3.8, 4) is 11.1 Å². The van der Waals surface area contributed by atoms with Crippen molar-refractivity contribution in [1.82, 2.24) is 20.3 Å². The van der Waals surface area contributed by atoms with Crippen LogP contribution in [0.15, 0.2) is 24.5 Å². The fraction of sp³-hybridized carbons (Fsp3) is 0.536. The molecule has 0 spiro atoms. The minimum absolute atomic E-state index is 0.122. The number of hydrogen-bond donors (Lipinski definition) is 2. The summed E-state index contributed by atoms with van der Waals surface area (Å²) in [6.07, 6.45) is 7.03. The molecular formula is C28H36N6O4S. The van der Waals surface area contributed by atoms with Gasteiger partial charge in [-0.25, -0.2) is 19.7 Å². The van der Waals surface area contributed by atoms with E-state index < -0.39 is 5.41 Å². The molecule has 3 aromatic rings. The summed E-state index contributed by atoms with van der Waals surface area (Å²) in [4.78, 5) is 40.7. The van der Waals surface area contributed by atoms with E-state index in [2.05, 4.69) is 21.6 Å². The average Bonchev–Trinajstić information content (AvgIpc) is 3.36. The van der Waals surface area contributed by atoms with Crippen LogP contribution in [0.25, 0.3) is 21.3 Å². The molecule has 2 amide bonds. The molecule has 0 aliphatic carbocycles. The number of ether oxygens (including phenoxy) is 2. The van der Waals surface area contributed by atoms with E-state index >= 15 is 0 Å². The molecule has 11 heteroatoms. The number of anilines is 2. The Balaban J connectivity index is 1.38. The van der Waals surface area contributed by atoms with Crippen LogP contribution < -0.4 is 15.5 Å². The Morgan fingerprint density at radius 1 is 1.13 bits per heavy atom. The Kier molecular flexibility index (Phi) is 8.27. The van der Waals surface area contributed by atoms with Gasteiger partial charge in [0, 0.05) is 50.8 Å². The highest BCUT2D eigenvalue weighted by atomic mass is 32.1. The maximum Gasteiger partial charge on any atom is 0.321 e. The molecule has 0 atom stereocenters. The van der Waals surface area contributed by atoms with Gasteiger partial charge in [0.05, 0.1) is 22.2 Å². The number of hydrogen-bond acceptors (Lipinski definition) is 9. The van der Waals surface area contributed by atoms with E-state index in [-0.39, 0.29) is 12.0 Å². The minimum Gasteiger partial charge on any atom is -0.466 e. The normalized spacial score (nSPS) is 17.7. The first-order chi connectivity index (χ1) is 18.9. The van der Waals surface area contributed by atoms with Crippen molar-refractivity contribution in [2.24, 2.45) is 5.41 Å². The molecule has 2 aliphatic rings. The highest BCUT2D eigenvalue weighted by Gasteiger charge is 2.38. The Bertz CT molecular complexity index is 1310. The predicted molar refractivity (Wildman–Crippen MR) is 152 cm³/mol. The number of piperidine rings is 1. The molecule has 208 valence electrons. The highest BCUT2D eigenvalue weighted by Crippen LogP contribution is 2.40. The number of carbonyl (C=O) groups excluding carboxylic acids is 2. The van der Waals surface area contributed by atoms with Crippen LogP contribution in [0.5, 0.6) is 0 Å². The van der Waals surface area contributed by atoms with Crippen LogP contribution in [0, 0.1) is 5.41 Å². The van der Waals surface area contributed by atoms with E-state index in [4.69, 9.17) is 24.4 Å².